The highest BCUT2D eigenvalue weighted by Crippen LogP contribution is 2.55. The first-order valence-corrected chi connectivity index (χ1v) is 8.51. The van der Waals surface area contributed by atoms with E-state index in [0.29, 0.717) is 23.4 Å². The Kier molecular flexibility index (Phi) is 3.21. The number of hydrogen-bond acceptors (Lipinski definition) is 5. The number of amides is 1. The van der Waals surface area contributed by atoms with Gasteiger partial charge in [-0.3, -0.25) is 9.89 Å². The fourth-order valence-electron chi connectivity index (χ4n) is 3.79. The van der Waals surface area contributed by atoms with Gasteiger partial charge in [0.15, 0.2) is 0 Å². The van der Waals surface area contributed by atoms with Crippen LogP contribution in [0.1, 0.15) is 23.7 Å². The zero-order valence-corrected chi connectivity index (χ0v) is 15.1. The Hall–Kier alpha value is -2.79. The summed E-state index contributed by atoms with van der Waals surface area (Å²) in [5.74, 6) is -0.0957. The van der Waals surface area contributed by atoms with Gasteiger partial charge in [0, 0.05) is 28.0 Å². The van der Waals surface area contributed by atoms with Crippen LogP contribution < -0.4 is 15.4 Å². The Morgan fingerprint density at radius 1 is 1.52 bits per heavy atom. The predicted octanol–water partition coefficient (Wildman–Crippen LogP) is 2.22. The van der Waals surface area contributed by atoms with E-state index >= 15 is 0 Å². The number of H-pyrrole nitrogens is 1. The first-order valence-electron chi connectivity index (χ1n) is 7.72. The molecule has 0 fully saturated rings. The number of nitrogens with one attached hydrogen (secondary N) is 1. The molecule has 8 heteroatoms. The molecular formula is C17H14BrN5O2. The average molecular weight is 400 g/mol. The zero-order chi connectivity index (χ0) is 17.9. The van der Waals surface area contributed by atoms with Gasteiger partial charge in [0.05, 0.1) is 5.56 Å². The molecule has 1 amide bonds. The molecule has 4 rings (SSSR count). The maximum atomic E-state index is 13.6. The number of nitrogens with zero attached hydrogens (tertiary/aromatic N) is 3. The van der Waals surface area contributed by atoms with Crippen LogP contribution in [-0.4, -0.2) is 22.6 Å². The van der Waals surface area contributed by atoms with Gasteiger partial charge < -0.3 is 15.4 Å². The lowest BCUT2D eigenvalue weighted by atomic mass is 9.69. The van der Waals surface area contributed by atoms with Crippen molar-refractivity contribution in [2.24, 2.45) is 5.73 Å². The van der Waals surface area contributed by atoms with Gasteiger partial charge in [-0.25, -0.2) is 0 Å². The molecule has 0 aliphatic carbocycles. The number of nitrogens with two attached hydrogens (primary N) is 1. The lowest BCUT2D eigenvalue weighted by Crippen LogP contribution is -2.46. The van der Waals surface area contributed by atoms with Crippen LogP contribution >= 0.6 is 15.9 Å². The van der Waals surface area contributed by atoms with Crippen LogP contribution in [0.4, 0.5) is 5.69 Å². The van der Waals surface area contributed by atoms with E-state index in [2.05, 4.69) is 32.2 Å². The number of aromatic amines is 1. The number of likely N-dealkylation sites (N-methyl/N-ethyl adjacent to an activating group) is 1. The molecule has 3 N–H and O–H groups in total. The summed E-state index contributed by atoms with van der Waals surface area (Å²) in [6.45, 7) is 4.16. The molecule has 1 aromatic heterocycles. The van der Waals surface area contributed by atoms with Crippen molar-refractivity contribution in [3.05, 3.63) is 50.9 Å². The minimum Gasteiger partial charge on any atom is -0.420 e. The van der Waals surface area contributed by atoms with Gasteiger partial charge in [-0.05, 0) is 32.0 Å². The van der Waals surface area contributed by atoms with Crippen molar-refractivity contribution in [1.29, 1.82) is 5.26 Å². The summed E-state index contributed by atoms with van der Waals surface area (Å²) in [5.41, 5.74) is 7.40. The third kappa shape index (κ3) is 1.73. The van der Waals surface area contributed by atoms with E-state index in [1.807, 2.05) is 25.1 Å². The van der Waals surface area contributed by atoms with Gasteiger partial charge in [0.25, 0.3) is 0 Å². The Morgan fingerprint density at radius 2 is 2.28 bits per heavy atom. The molecule has 0 radical (unpaired) electrons. The number of aryl methyl sites for hydroxylation is 1. The van der Waals surface area contributed by atoms with Gasteiger partial charge in [-0.2, -0.15) is 5.26 Å². The second kappa shape index (κ2) is 5.10. The van der Waals surface area contributed by atoms with Crippen LogP contribution in [0.2, 0.25) is 0 Å². The quantitative estimate of drug-likeness (QED) is 0.763. The number of carbonyl (C=O) groups excluding carboxylic acids is 1. The molecule has 0 bridgehead atoms. The summed E-state index contributed by atoms with van der Waals surface area (Å²) < 4.78 is 6.32. The standard InChI is InChI=1S/C17H14BrN5O2/c1-3-23-12-5-4-9(18)6-10(12)17(16(23)24)11(7-19)14(20)25-15-13(17)8(2)21-22-15/h4-6H,3,20H2,1-2H3,(H,21,22). The minimum atomic E-state index is -1.35. The lowest BCUT2D eigenvalue weighted by molar-refractivity contribution is -0.120. The third-order valence-electron chi connectivity index (χ3n) is 4.76. The SMILES string of the molecule is CCN1C(=O)C2(C(C#N)=C(N)Oc3n[nH]c(C)c32)c2cc(Br)ccc21. The Morgan fingerprint density at radius 3 is 2.96 bits per heavy atom. The summed E-state index contributed by atoms with van der Waals surface area (Å²) in [7, 11) is 0. The van der Waals surface area contributed by atoms with Gasteiger partial charge in [0.2, 0.25) is 17.7 Å². The fourth-order valence-corrected chi connectivity index (χ4v) is 4.16. The Balaban J connectivity index is 2.20. The normalized spacial score (nSPS) is 21.2. The summed E-state index contributed by atoms with van der Waals surface area (Å²) >= 11 is 3.47. The van der Waals surface area contributed by atoms with E-state index in [4.69, 9.17) is 10.5 Å². The van der Waals surface area contributed by atoms with Crippen molar-refractivity contribution in [2.45, 2.75) is 19.3 Å². The summed E-state index contributed by atoms with van der Waals surface area (Å²) in [6.07, 6.45) is 0. The number of anilines is 1. The van der Waals surface area contributed by atoms with E-state index < -0.39 is 5.41 Å². The lowest BCUT2D eigenvalue weighted by Gasteiger charge is -2.32. The maximum Gasteiger partial charge on any atom is 0.247 e. The summed E-state index contributed by atoms with van der Waals surface area (Å²) in [5, 5.41) is 16.8. The topological polar surface area (TPSA) is 108 Å². The first kappa shape index (κ1) is 15.7. The monoisotopic (exact) mass is 399 g/mol. The molecule has 0 saturated heterocycles. The molecule has 126 valence electrons. The molecule has 1 spiro atoms. The molecule has 1 unspecified atom stereocenters. The van der Waals surface area contributed by atoms with Crippen molar-refractivity contribution in [3.63, 3.8) is 0 Å². The van der Waals surface area contributed by atoms with E-state index in [1.165, 1.54) is 0 Å². The summed E-state index contributed by atoms with van der Waals surface area (Å²) in [6, 6.07) is 7.70. The number of fused-ring (bicyclic) bond motifs is 4. The molecule has 3 heterocycles. The van der Waals surface area contributed by atoms with Crippen LogP contribution in [0.5, 0.6) is 5.88 Å². The highest BCUT2D eigenvalue weighted by atomic mass is 79.9. The molecule has 1 aromatic carbocycles. The Labute approximate surface area is 152 Å². The van der Waals surface area contributed by atoms with E-state index in [-0.39, 0.29) is 23.2 Å². The van der Waals surface area contributed by atoms with Gasteiger partial charge in [-0.1, -0.05) is 15.9 Å². The molecule has 0 saturated carbocycles. The molecule has 2 aliphatic heterocycles. The fraction of sp³-hybridized carbons (Fsp3) is 0.235. The molecular weight excluding hydrogens is 386 g/mol. The molecule has 2 aromatic rings. The number of hydrogen-bond donors (Lipinski definition) is 2. The van der Waals surface area contributed by atoms with Crippen molar-refractivity contribution in [2.75, 3.05) is 11.4 Å². The van der Waals surface area contributed by atoms with Gasteiger partial charge in [-0.15, -0.1) is 5.10 Å². The van der Waals surface area contributed by atoms with Gasteiger partial charge >= 0.3 is 0 Å². The first-order chi connectivity index (χ1) is 12.0. The van der Waals surface area contributed by atoms with E-state index in [9.17, 15) is 10.1 Å². The summed E-state index contributed by atoms with van der Waals surface area (Å²) in [4.78, 5) is 15.2. The number of halogens is 1. The maximum absolute atomic E-state index is 13.6. The minimum absolute atomic E-state index is 0.0878. The second-order valence-corrected chi connectivity index (χ2v) is 6.86. The van der Waals surface area contributed by atoms with Crippen LogP contribution in [0, 0.1) is 18.3 Å². The van der Waals surface area contributed by atoms with Crippen LogP contribution in [0.15, 0.2) is 34.1 Å². The zero-order valence-electron chi connectivity index (χ0n) is 13.6. The number of rotatable bonds is 1. The number of ether oxygens (including phenoxy) is 1. The second-order valence-electron chi connectivity index (χ2n) is 5.94. The largest absolute Gasteiger partial charge is 0.420 e. The third-order valence-corrected chi connectivity index (χ3v) is 5.26. The molecule has 7 nitrogen and oxygen atoms in total. The molecule has 1 atom stereocenters. The number of aromatic nitrogens is 2. The van der Waals surface area contributed by atoms with Gasteiger partial charge in [0.1, 0.15) is 17.1 Å². The average Bonchev–Trinajstić information content (AvgIpc) is 3.05. The highest BCUT2D eigenvalue weighted by Gasteiger charge is 2.60. The van der Waals surface area contributed by atoms with Crippen molar-refractivity contribution < 1.29 is 9.53 Å². The smallest absolute Gasteiger partial charge is 0.247 e. The Bertz CT molecular complexity index is 1000. The number of carbonyl (C=O) groups is 1. The molecule has 25 heavy (non-hydrogen) atoms. The van der Waals surface area contributed by atoms with Crippen molar-refractivity contribution in [3.8, 4) is 11.9 Å². The van der Waals surface area contributed by atoms with Crippen LogP contribution in [0.25, 0.3) is 0 Å². The highest BCUT2D eigenvalue weighted by molar-refractivity contribution is 9.10. The van der Waals surface area contributed by atoms with E-state index in [1.54, 1.807) is 11.8 Å². The van der Waals surface area contributed by atoms with Crippen LogP contribution in [0.3, 0.4) is 0 Å². The van der Waals surface area contributed by atoms with Crippen molar-refractivity contribution in [1.82, 2.24) is 10.2 Å². The predicted molar refractivity (Wildman–Crippen MR) is 93.7 cm³/mol. The van der Waals surface area contributed by atoms with Crippen molar-refractivity contribution >= 4 is 27.5 Å². The van der Waals surface area contributed by atoms with E-state index in [0.717, 1.165) is 10.2 Å². The number of benzene rings is 1. The molecule has 2 aliphatic rings. The number of nitriles is 1. The van der Waals surface area contributed by atoms with Crippen LogP contribution in [-0.2, 0) is 10.2 Å².